The second kappa shape index (κ2) is 29.9. The van der Waals surface area contributed by atoms with Crippen LogP contribution < -0.4 is 70.8 Å². The van der Waals surface area contributed by atoms with Gasteiger partial charge in [0, 0.05) is 62.9 Å². The molecule has 0 bridgehead atoms. The van der Waals surface area contributed by atoms with E-state index in [4.69, 9.17) is 22.9 Å². The third-order valence-electron chi connectivity index (χ3n) is 12.1. The number of rotatable bonds is 21. The first-order valence-electron chi connectivity index (χ1n) is 24.7. The fraction of sp³-hybridized carbons (Fsp3) is 0.490. The van der Waals surface area contributed by atoms with Crippen molar-refractivity contribution in [3.63, 3.8) is 0 Å². The van der Waals surface area contributed by atoms with Crippen LogP contribution in [-0.2, 0) is 56.0 Å². The summed E-state index contributed by atoms with van der Waals surface area (Å²) in [4.78, 5) is 143. The monoisotopic (exact) mass is 1030 g/mol. The van der Waals surface area contributed by atoms with E-state index in [1.54, 1.807) is 36.5 Å². The van der Waals surface area contributed by atoms with E-state index in [1.165, 1.54) is 6.92 Å². The van der Waals surface area contributed by atoms with Crippen molar-refractivity contribution < 1.29 is 47.9 Å². The maximum Gasteiger partial charge on any atom is 0.312 e. The number of hydrogen-bond acceptors (Lipinski definition) is 11. The Labute approximate surface area is 428 Å². The Bertz CT molecular complexity index is 2460. The van der Waals surface area contributed by atoms with Gasteiger partial charge in [-0.05, 0) is 62.1 Å². The molecule has 1 aromatic heterocycles. The number of hydrogen-bond donors (Lipinski definition) is 14. The number of aromatic amines is 1. The molecular formula is C49H71N15O10. The minimum absolute atomic E-state index is 0.0119. The molecule has 25 nitrogen and oxygen atoms in total. The molecule has 18 N–H and O–H groups in total. The lowest BCUT2D eigenvalue weighted by Gasteiger charge is -2.28. The topological polar surface area (TPSA) is 411 Å². The smallest absolute Gasteiger partial charge is 0.312 e. The number of urea groups is 1. The van der Waals surface area contributed by atoms with E-state index in [2.05, 4.69) is 57.8 Å². The van der Waals surface area contributed by atoms with Crippen LogP contribution in [0.2, 0.25) is 0 Å². The number of nitrogens with two attached hydrogens (primary N) is 4. The van der Waals surface area contributed by atoms with Gasteiger partial charge in [0.15, 0.2) is 5.96 Å². The van der Waals surface area contributed by atoms with Gasteiger partial charge in [0.25, 0.3) is 0 Å². The predicted molar refractivity (Wildman–Crippen MR) is 274 cm³/mol. The number of unbranched alkanes of at least 4 members (excludes halogenated alkanes) is 1. The third kappa shape index (κ3) is 19.7. The van der Waals surface area contributed by atoms with Crippen LogP contribution >= 0.6 is 0 Å². The van der Waals surface area contributed by atoms with Crippen LogP contribution in [0.5, 0.6) is 0 Å². The van der Waals surface area contributed by atoms with Gasteiger partial charge in [-0.25, -0.2) is 4.79 Å². The van der Waals surface area contributed by atoms with Crippen molar-refractivity contribution in [3.8, 4) is 0 Å². The third-order valence-corrected chi connectivity index (χ3v) is 12.1. The molecule has 0 saturated carbocycles. The molecule has 4 rings (SSSR count). The number of H-pyrrole nitrogens is 1. The molecule has 1 aliphatic heterocycles. The van der Waals surface area contributed by atoms with E-state index < -0.39 is 101 Å². The Hall–Kier alpha value is -8.25. The fourth-order valence-corrected chi connectivity index (χ4v) is 8.17. The first kappa shape index (κ1) is 58.3. The fourth-order valence-electron chi connectivity index (χ4n) is 8.17. The van der Waals surface area contributed by atoms with Crippen LogP contribution in [0.15, 0.2) is 65.8 Å². The molecular weight excluding hydrogens is 959 g/mol. The van der Waals surface area contributed by atoms with E-state index >= 15 is 0 Å². The van der Waals surface area contributed by atoms with Crippen LogP contribution in [0.3, 0.4) is 0 Å². The Morgan fingerprint density at radius 1 is 0.743 bits per heavy atom. The number of benzene rings is 2. The largest absolute Gasteiger partial charge is 0.370 e. The molecule has 7 atom stereocenters. The van der Waals surface area contributed by atoms with E-state index in [9.17, 15) is 47.9 Å². The maximum absolute atomic E-state index is 14.5. The maximum atomic E-state index is 14.5. The standard InChI is InChI=1S/C49H71N15O10/c1-3-4-15-33(58-28(2)65)42(68)61-36-19-20-40(66)54-24-21-37(46(72)63-38(41(50)67)26-30-27-57-32-16-9-8-14-31(30)32)62-43(69)34(17-10-22-55-48(51)52)60-47(73)39(25-29-12-6-5-7-13-29)64-44(70)35(59-45(36)71)18-11-23-56-49(53)74/h5-9,12-14,16,27,33-39,57H,3-4,10-11,15,17-26H2,1-2H3,(H2,50,67)(H,54,66)(H,58,65)(H,59,71)(H,60,73)(H,61,68)(H,62,69)(H,63,72)(H,64,70)(H4,51,52,55)(H3,53,56,74)/t33-,34-,35-,36-,37?,38-,39?/m0/s1. The Morgan fingerprint density at radius 2 is 1.39 bits per heavy atom. The summed E-state index contributed by atoms with van der Waals surface area (Å²) in [5, 5.41) is 24.5. The molecule has 2 aromatic carbocycles. The highest BCUT2D eigenvalue weighted by molar-refractivity contribution is 5.98. The van der Waals surface area contributed by atoms with Gasteiger partial charge in [-0.2, -0.15) is 0 Å². The van der Waals surface area contributed by atoms with Crippen molar-refractivity contribution in [2.24, 2.45) is 27.9 Å². The highest BCUT2D eigenvalue weighted by Gasteiger charge is 2.35. The number of guanidine groups is 1. The first-order valence-corrected chi connectivity index (χ1v) is 24.7. The number of nitrogens with one attached hydrogen (secondary N) is 10. The number of aromatic nitrogens is 1. The van der Waals surface area contributed by atoms with Gasteiger partial charge in [0.2, 0.25) is 53.2 Å². The summed E-state index contributed by atoms with van der Waals surface area (Å²) in [7, 11) is 0. The van der Waals surface area contributed by atoms with Crippen molar-refractivity contribution >= 4 is 76.1 Å². The number of primary amides is 2. The van der Waals surface area contributed by atoms with Gasteiger partial charge >= 0.3 is 6.03 Å². The summed E-state index contributed by atoms with van der Waals surface area (Å²) in [5.74, 6) is -7.27. The van der Waals surface area contributed by atoms with Crippen LogP contribution in [-0.4, -0.2) is 132 Å². The molecule has 25 heteroatoms. The van der Waals surface area contributed by atoms with Gasteiger partial charge < -0.3 is 75.8 Å². The number of nitrogens with zero attached hydrogens (tertiary/aromatic N) is 1. The lowest BCUT2D eigenvalue weighted by molar-refractivity contribution is -0.136. The highest BCUT2D eigenvalue weighted by atomic mass is 16.2. The molecule has 2 unspecified atom stereocenters. The van der Waals surface area contributed by atoms with Crippen molar-refractivity contribution in [3.05, 3.63) is 71.9 Å². The van der Waals surface area contributed by atoms with Crippen molar-refractivity contribution in [2.45, 2.75) is 133 Å². The Balaban J connectivity index is 1.76. The summed E-state index contributed by atoms with van der Waals surface area (Å²) in [6.07, 6.45) is 2.05. The lowest BCUT2D eigenvalue weighted by Crippen LogP contribution is -2.60. The number of para-hydroxylation sites is 1. The van der Waals surface area contributed by atoms with E-state index in [0.29, 0.717) is 24.0 Å². The number of carbonyl (C=O) groups excluding carboxylic acids is 10. The van der Waals surface area contributed by atoms with Crippen LogP contribution in [0.1, 0.15) is 89.2 Å². The quantitative estimate of drug-likeness (QED) is 0.0309. The van der Waals surface area contributed by atoms with Crippen molar-refractivity contribution in [1.29, 1.82) is 0 Å². The van der Waals surface area contributed by atoms with E-state index in [-0.39, 0.29) is 89.8 Å². The normalized spacial score (nSPS) is 20.0. The molecule has 3 aromatic rings. The molecule has 0 radical (unpaired) electrons. The molecule has 0 spiro atoms. The first-order chi connectivity index (χ1) is 35.3. The SMILES string of the molecule is CCCC[C@H](NC(C)=O)C(=O)N[C@H]1CCC(=O)NCCC(C(=O)N[C@@H](Cc2c[nH]c3ccccc23)C(N)=O)NC(=O)[C@H](CCCN=C(N)N)NC(=O)C(Cc2ccccc2)NC(=O)[C@H](CCCNC(N)=O)NC1=O. The summed E-state index contributed by atoms with van der Waals surface area (Å²) >= 11 is 0. The van der Waals surface area contributed by atoms with Crippen LogP contribution in [0.4, 0.5) is 4.79 Å². The van der Waals surface area contributed by atoms with Gasteiger partial charge in [0.05, 0.1) is 0 Å². The number of carbonyl (C=O) groups is 10. The zero-order valence-corrected chi connectivity index (χ0v) is 41.8. The molecule has 1 aliphatic rings. The van der Waals surface area contributed by atoms with Crippen molar-refractivity contribution in [2.75, 3.05) is 19.6 Å². The number of aliphatic imine (C=N–C) groups is 1. The van der Waals surface area contributed by atoms with Crippen molar-refractivity contribution in [1.82, 2.24) is 52.8 Å². The molecule has 11 amide bonds. The van der Waals surface area contributed by atoms with E-state index in [1.807, 2.05) is 31.2 Å². The molecule has 2 heterocycles. The van der Waals surface area contributed by atoms with Gasteiger partial charge in [-0.1, -0.05) is 68.3 Å². The zero-order chi connectivity index (χ0) is 54.2. The predicted octanol–water partition coefficient (Wildman–Crippen LogP) is -2.16. The minimum Gasteiger partial charge on any atom is -0.370 e. The Kier molecular flexibility index (Phi) is 23.6. The summed E-state index contributed by atoms with van der Waals surface area (Å²) in [5.41, 5.74) is 24.2. The highest BCUT2D eigenvalue weighted by Crippen LogP contribution is 2.19. The van der Waals surface area contributed by atoms with Crippen LogP contribution in [0, 0.1) is 0 Å². The lowest BCUT2D eigenvalue weighted by atomic mass is 10.0. The summed E-state index contributed by atoms with van der Waals surface area (Å²) < 4.78 is 0. The summed E-state index contributed by atoms with van der Waals surface area (Å²) in [6.45, 7) is 2.91. The second-order valence-corrected chi connectivity index (χ2v) is 18.0. The molecule has 1 fully saturated rings. The zero-order valence-electron chi connectivity index (χ0n) is 41.8. The average Bonchev–Trinajstić information content (AvgIpc) is 3.76. The second-order valence-electron chi connectivity index (χ2n) is 18.0. The number of fused-ring (bicyclic) bond motifs is 1. The minimum atomic E-state index is -1.46. The molecule has 0 aliphatic carbocycles. The molecule has 1 saturated heterocycles. The molecule has 402 valence electrons. The molecule has 74 heavy (non-hydrogen) atoms. The van der Waals surface area contributed by atoms with Gasteiger partial charge in [0.1, 0.15) is 42.3 Å². The average molecular weight is 1030 g/mol. The van der Waals surface area contributed by atoms with E-state index in [0.717, 1.165) is 10.9 Å². The summed E-state index contributed by atoms with van der Waals surface area (Å²) in [6, 6.07) is 5.62. The Morgan fingerprint density at radius 3 is 2.07 bits per heavy atom. The van der Waals surface area contributed by atoms with Gasteiger partial charge in [-0.15, -0.1) is 0 Å². The van der Waals surface area contributed by atoms with Gasteiger partial charge in [-0.3, -0.25) is 48.1 Å². The van der Waals surface area contributed by atoms with Crippen LogP contribution in [0.25, 0.3) is 10.9 Å². The number of amides is 11.